The number of rotatable bonds is 8. The van der Waals surface area contributed by atoms with Crippen molar-refractivity contribution in [2.75, 3.05) is 74.2 Å². The molecular formula is C41H44BrCl4K2N7O5. The summed E-state index contributed by atoms with van der Waals surface area (Å²) in [5.74, 6) is 0. The number of hydrogen-bond acceptors (Lipinski definition) is 12. The molecule has 6 rings (SSSR count). The van der Waals surface area contributed by atoms with Gasteiger partial charge in [-0.1, -0.05) is 86.6 Å². The quantitative estimate of drug-likeness (QED) is 0.0756. The second kappa shape index (κ2) is 34.5. The molecule has 2 aliphatic heterocycles. The number of β-amino-alcohol motifs (C(OH)–C–C–N with tert-alkyl or cyclic N) is 1. The smallest absolute Gasteiger partial charge is 1.00 e. The van der Waals surface area contributed by atoms with Gasteiger partial charge in [0.25, 0.3) is 6.47 Å². The van der Waals surface area contributed by atoms with Crippen LogP contribution >= 0.6 is 62.3 Å². The zero-order valence-corrected chi connectivity index (χ0v) is 44.4. The number of alkyl halides is 1. The van der Waals surface area contributed by atoms with Crippen LogP contribution in [0, 0.1) is 34.0 Å². The van der Waals surface area contributed by atoms with E-state index in [-0.39, 0.29) is 136 Å². The van der Waals surface area contributed by atoms with E-state index in [1.54, 1.807) is 24.3 Å². The molecule has 0 bridgehead atoms. The van der Waals surface area contributed by atoms with E-state index in [4.69, 9.17) is 77.3 Å². The van der Waals surface area contributed by atoms with Gasteiger partial charge in [-0.15, -0.1) is 0 Å². The molecule has 2 saturated heterocycles. The molecular weight excluding hydrogens is 970 g/mol. The van der Waals surface area contributed by atoms with Crippen molar-refractivity contribution >= 4 is 80.2 Å². The molecule has 2 atom stereocenters. The van der Waals surface area contributed by atoms with E-state index >= 15 is 0 Å². The van der Waals surface area contributed by atoms with Gasteiger partial charge >= 0.3 is 103 Å². The molecule has 3 N–H and O–H groups in total. The Morgan fingerprint density at radius 3 is 1.62 bits per heavy atom. The molecule has 2 aliphatic rings. The van der Waals surface area contributed by atoms with Crippen molar-refractivity contribution in [1.29, 1.82) is 15.8 Å². The summed E-state index contributed by atoms with van der Waals surface area (Å²) in [7, 11) is 0. The number of halogens is 5. The molecule has 19 heteroatoms. The number of hydrogen-bond donors (Lipinski definition) is 3. The minimum Gasteiger partial charge on any atom is -1.00 e. The third kappa shape index (κ3) is 20.3. The van der Waals surface area contributed by atoms with Crippen molar-refractivity contribution in [2.45, 2.75) is 19.0 Å². The van der Waals surface area contributed by atoms with E-state index < -0.39 is 0 Å². The third-order valence-electron chi connectivity index (χ3n) is 8.53. The molecule has 0 aliphatic carbocycles. The monoisotopic (exact) mass is 1010 g/mol. The Balaban J connectivity index is 0. The van der Waals surface area contributed by atoms with Gasteiger partial charge < -0.3 is 36.9 Å². The normalized spacial score (nSPS) is 15.2. The minimum atomic E-state index is -0.181. The molecule has 310 valence electrons. The van der Waals surface area contributed by atoms with Gasteiger partial charge in [-0.3, -0.25) is 9.69 Å². The first-order valence-electron chi connectivity index (χ1n) is 17.7. The predicted molar refractivity (Wildman–Crippen MR) is 232 cm³/mol. The van der Waals surface area contributed by atoms with E-state index in [1.165, 1.54) is 12.5 Å². The molecule has 4 aromatic rings. The SMILES string of the molecule is CC#N.N#Cc1ccc(N2CCN(CCO)C[C@H]2c2ccc(Cl)cc2)c(Cl)c1.N#Cc1ccc(N2CCNC[C@H]2c2ccc(Cl)cc2)c(Cl)c1.O=CO[O-].OCCBr.[H-].[K+].[K+]. The Morgan fingerprint density at radius 1 is 0.800 bits per heavy atom. The number of nitriles is 3. The summed E-state index contributed by atoms with van der Waals surface area (Å²) in [4.78, 5) is 18.0. The molecule has 2 heterocycles. The second-order valence-corrected chi connectivity index (χ2v) is 14.6. The van der Waals surface area contributed by atoms with E-state index in [2.05, 4.69) is 53.0 Å². The van der Waals surface area contributed by atoms with E-state index in [9.17, 15) is 5.11 Å². The second-order valence-electron chi connectivity index (χ2n) is 12.1. The molecule has 0 spiro atoms. The Labute approximate surface area is 467 Å². The van der Waals surface area contributed by atoms with Crippen LogP contribution in [-0.2, 0) is 9.68 Å². The van der Waals surface area contributed by atoms with Gasteiger partial charge in [0, 0.05) is 68.1 Å². The maximum Gasteiger partial charge on any atom is 1.00 e. The molecule has 0 unspecified atom stereocenters. The van der Waals surface area contributed by atoms with Crippen molar-refractivity contribution in [1.82, 2.24) is 10.2 Å². The molecule has 12 nitrogen and oxygen atoms in total. The number of carbonyl (C=O) groups is 1. The Morgan fingerprint density at radius 2 is 1.23 bits per heavy atom. The van der Waals surface area contributed by atoms with Gasteiger partial charge in [-0.05, 0) is 71.8 Å². The van der Waals surface area contributed by atoms with Crippen molar-refractivity contribution in [3.8, 4) is 18.2 Å². The zero-order valence-electron chi connectivity index (χ0n) is 34.6. The number of aliphatic hydroxyl groups excluding tert-OH is 2. The fraction of sp³-hybridized carbons (Fsp3) is 0.317. The summed E-state index contributed by atoms with van der Waals surface area (Å²) in [5, 5.41) is 57.6. The summed E-state index contributed by atoms with van der Waals surface area (Å²) in [6, 6.07) is 32.9. The number of nitrogens with zero attached hydrogens (tertiary/aromatic N) is 6. The van der Waals surface area contributed by atoms with E-state index in [1.807, 2.05) is 66.7 Å². The van der Waals surface area contributed by atoms with Gasteiger partial charge in [-0.2, -0.15) is 15.8 Å². The van der Waals surface area contributed by atoms with Gasteiger partial charge in [0.2, 0.25) is 0 Å². The number of benzene rings is 4. The molecule has 0 saturated carbocycles. The number of nitrogens with one attached hydrogen (secondary N) is 1. The summed E-state index contributed by atoms with van der Waals surface area (Å²) in [5.41, 5.74) is 5.35. The van der Waals surface area contributed by atoms with Crippen molar-refractivity contribution in [3.63, 3.8) is 0 Å². The summed E-state index contributed by atoms with van der Waals surface area (Å²) in [6.07, 6.45) is 0. The van der Waals surface area contributed by atoms with Crippen molar-refractivity contribution in [3.05, 3.63) is 127 Å². The van der Waals surface area contributed by atoms with Crippen LogP contribution in [0.3, 0.4) is 0 Å². The first-order chi connectivity index (χ1) is 28.0. The minimum absolute atomic E-state index is 0. The fourth-order valence-electron chi connectivity index (χ4n) is 6.04. The number of aliphatic hydroxyl groups is 2. The molecule has 60 heavy (non-hydrogen) atoms. The number of carbonyl (C=O) groups excluding carboxylic acids is 1. The molecule has 4 aromatic carbocycles. The average molecular weight is 1010 g/mol. The van der Waals surface area contributed by atoms with Crippen LogP contribution in [0.5, 0.6) is 0 Å². The van der Waals surface area contributed by atoms with Crippen LogP contribution in [0.2, 0.25) is 20.1 Å². The molecule has 0 amide bonds. The molecule has 2 fully saturated rings. The first kappa shape index (κ1) is 59.1. The first-order valence-corrected chi connectivity index (χ1v) is 20.4. The maximum absolute atomic E-state index is 9.27. The van der Waals surface area contributed by atoms with Crippen LogP contribution < -0.4 is 123 Å². The fourth-order valence-corrected chi connectivity index (χ4v) is 6.87. The Hall–Kier alpha value is -0.867. The van der Waals surface area contributed by atoms with E-state index in [0.29, 0.717) is 38.1 Å². The standard InChI is InChI=1S/C19H19Cl2N3O.C17H15Cl2N3.C2H5BrO.C2H3N.CH2O3.2K.H/c20-16-4-2-15(3-5-16)19-13-23(9-10-25)7-8-24(19)18-6-1-14(12-22)11-17(18)21;18-14-4-2-13(3-5-14)17-11-21-7-8-22(17)16-6-1-12(10-20)9-15(16)19;3-1-2-4;1-2-3;2-1-4-3;;;/h1-6,11,19,25H,7-10,13H2;1-6,9,17,21H,7-8,11H2;4H,1-2H2;1H3;1,3H;;;/q;;;;;2*+1;-1/p-1/t19-;17-;;;;;;/m00....../s1. The predicted octanol–water partition coefficient (Wildman–Crippen LogP) is 1.20. The van der Waals surface area contributed by atoms with Gasteiger partial charge in [0.1, 0.15) is 0 Å². The largest absolute Gasteiger partial charge is 1.00 e. The Bertz CT molecular complexity index is 1980. The van der Waals surface area contributed by atoms with Crippen LogP contribution in [0.25, 0.3) is 0 Å². The molecule has 0 radical (unpaired) electrons. The van der Waals surface area contributed by atoms with Crippen molar-refractivity contribution < 1.29 is 129 Å². The van der Waals surface area contributed by atoms with Crippen LogP contribution in [0.15, 0.2) is 84.9 Å². The summed E-state index contributed by atoms with van der Waals surface area (Å²) < 4.78 is 0. The zero-order chi connectivity index (χ0) is 42.9. The van der Waals surface area contributed by atoms with Crippen molar-refractivity contribution in [2.24, 2.45) is 0 Å². The van der Waals surface area contributed by atoms with E-state index in [0.717, 1.165) is 61.2 Å². The van der Waals surface area contributed by atoms with Crippen LogP contribution in [0.1, 0.15) is 42.7 Å². The van der Waals surface area contributed by atoms with Crippen LogP contribution in [-0.4, -0.2) is 85.9 Å². The van der Waals surface area contributed by atoms with Gasteiger partial charge in [0.05, 0.1) is 76.1 Å². The number of anilines is 2. The van der Waals surface area contributed by atoms with Crippen LogP contribution in [0.4, 0.5) is 11.4 Å². The van der Waals surface area contributed by atoms with Gasteiger partial charge in [-0.25, -0.2) is 0 Å². The Kier molecular flexibility index (Phi) is 34.0. The molecule has 0 aromatic heterocycles. The summed E-state index contributed by atoms with van der Waals surface area (Å²) >= 11 is 27.8. The number of piperazine rings is 2. The third-order valence-corrected chi connectivity index (χ3v) is 9.99. The average Bonchev–Trinajstić information content (AvgIpc) is 3.25. The summed E-state index contributed by atoms with van der Waals surface area (Å²) in [6.45, 7) is 7.32. The van der Waals surface area contributed by atoms with Gasteiger partial charge in [0.15, 0.2) is 0 Å². The maximum atomic E-state index is 9.27. The topological polar surface area (TPSA) is 183 Å².